The average molecular weight is 290 g/mol. The van der Waals surface area contributed by atoms with Crippen molar-refractivity contribution in [2.75, 3.05) is 19.7 Å². The Kier molecular flexibility index (Phi) is 4.24. The molecule has 0 aromatic carbocycles. The summed E-state index contributed by atoms with van der Waals surface area (Å²) in [7, 11) is 0. The van der Waals surface area contributed by atoms with Gasteiger partial charge in [0.05, 0.1) is 12.3 Å². The molecule has 2 fully saturated rings. The summed E-state index contributed by atoms with van der Waals surface area (Å²) in [6.07, 6.45) is 4.43. The van der Waals surface area contributed by atoms with Gasteiger partial charge >= 0.3 is 0 Å². The van der Waals surface area contributed by atoms with Crippen molar-refractivity contribution < 1.29 is 4.74 Å². The Morgan fingerprint density at radius 1 is 1.43 bits per heavy atom. The maximum Gasteiger partial charge on any atom is 0.158 e. The van der Waals surface area contributed by atoms with Crippen LogP contribution < -0.4 is 5.32 Å². The van der Waals surface area contributed by atoms with E-state index in [0.29, 0.717) is 6.04 Å². The van der Waals surface area contributed by atoms with E-state index in [2.05, 4.69) is 41.0 Å². The molecular weight excluding hydrogens is 264 g/mol. The fourth-order valence-corrected chi connectivity index (χ4v) is 3.00. The normalized spacial score (nSPS) is 26.8. The Hall–Kier alpha value is -1.04. The highest BCUT2D eigenvalue weighted by atomic mass is 16.5. The van der Waals surface area contributed by atoms with E-state index in [0.717, 1.165) is 31.2 Å². The molecule has 0 spiro atoms. The number of hydrogen-bond acceptors (Lipinski definition) is 5. The van der Waals surface area contributed by atoms with Crippen LogP contribution >= 0.6 is 0 Å². The summed E-state index contributed by atoms with van der Waals surface area (Å²) < 4.78 is 5.99. The van der Waals surface area contributed by atoms with E-state index in [4.69, 9.17) is 4.74 Å². The summed E-state index contributed by atoms with van der Waals surface area (Å²) >= 11 is 0. The molecule has 1 aromatic heterocycles. The first-order chi connectivity index (χ1) is 10.0. The van der Waals surface area contributed by atoms with Crippen molar-refractivity contribution in [3.63, 3.8) is 0 Å². The van der Waals surface area contributed by atoms with Crippen LogP contribution in [0.4, 0.5) is 0 Å². The van der Waals surface area contributed by atoms with Gasteiger partial charge in [-0.2, -0.15) is 0 Å². The number of aromatic nitrogens is 2. The molecule has 116 valence electrons. The molecule has 3 rings (SSSR count). The van der Waals surface area contributed by atoms with E-state index >= 15 is 0 Å². The molecule has 1 aromatic rings. The second kappa shape index (κ2) is 5.99. The van der Waals surface area contributed by atoms with Gasteiger partial charge in [0.15, 0.2) is 5.82 Å². The Morgan fingerprint density at radius 3 is 3.10 bits per heavy atom. The molecule has 2 atom stereocenters. The predicted molar refractivity (Wildman–Crippen MR) is 81.9 cm³/mol. The van der Waals surface area contributed by atoms with Gasteiger partial charge < -0.3 is 10.1 Å². The first-order valence-electron chi connectivity index (χ1n) is 7.94. The quantitative estimate of drug-likeness (QED) is 0.921. The van der Waals surface area contributed by atoms with Crippen molar-refractivity contribution in [1.82, 2.24) is 20.2 Å². The molecule has 0 amide bonds. The second-order valence-corrected chi connectivity index (χ2v) is 7.12. The van der Waals surface area contributed by atoms with Crippen LogP contribution in [0.1, 0.15) is 51.2 Å². The number of hydrogen-bond donors (Lipinski definition) is 1. The lowest BCUT2D eigenvalue weighted by atomic mass is 10.1. The van der Waals surface area contributed by atoms with Crippen molar-refractivity contribution in [1.29, 1.82) is 0 Å². The SMILES string of the molecule is CC(C)(C)NCc1ccnc(C2CN3CCCC3CO2)n1. The lowest BCUT2D eigenvalue weighted by Crippen LogP contribution is -2.43. The van der Waals surface area contributed by atoms with Crippen molar-refractivity contribution in [3.05, 3.63) is 23.8 Å². The molecule has 5 nitrogen and oxygen atoms in total. The van der Waals surface area contributed by atoms with Gasteiger partial charge in [0.1, 0.15) is 6.10 Å². The van der Waals surface area contributed by atoms with Crippen molar-refractivity contribution in [2.45, 2.75) is 57.8 Å². The molecule has 21 heavy (non-hydrogen) atoms. The molecule has 5 heteroatoms. The van der Waals surface area contributed by atoms with Gasteiger partial charge in [-0.3, -0.25) is 4.90 Å². The second-order valence-electron chi connectivity index (χ2n) is 7.12. The molecule has 3 heterocycles. The Balaban J connectivity index is 1.65. The topological polar surface area (TPSA) is 50.3 Å². The Labute approximate surface area is 127 Å². The predicted octanol–water partition coefficient (Wildman–Crippen LogP) is 1.90. The highest BCUT2D eigenvalue weighted by molar-refractivity contribution is 5.06. The monoisotopic (exact) mass is 290 g/mol. The standard InChI is InChI=1S/C16H26N4O/c1-16(2,3)18-9-12-6-7-17-15(19-12)14-10-20-8-4-5-13(20)11-21-14/h6-7,13-14,18H,4-5,8-11H2,1-3H3. The van der Waals surface area contributed by atoms with Crippen LogP contribution in [-0.2, 0) is 11.3 Å². The van der Waals surface area contributed by atoms with E-state index in [1.54, 1.807) is 0 Å². The summed E-state index contributed by atoms with van der Waals surface area (Å²) in [4.78, 5) is 11.6. The van der Waals surface area contributed by atoms with E-state index < -0.39 is 0 Å². The summed E-state index contributed by atoms with van der Waals surface area (Å²) in [6.45, 7) is 10.2. The van der Waals surface area contributed by atoms with Crippen LogP contribution in [0.2, 0.25) is 0 Å². The lowest BCUT2D eigenvalue weighted by molar-refractivity contribution is -0.0542. The van der Waals surface area contributed by atoms with Gasteiger partial charge in [-0.05, 0) is 46.2 Å². The molecule has 2 aliphatic rings. The minimum atomic E-state index is 0.0222. The number of nitrogens with one attached hydrogen (secondary N) is 1. The third-order valence-electron chi connectivity index (χ3n) is 4.21. The molecule has 2 saturated heterocycles. The number of ether oxygens (including phenoxy) is 1. The molecule has 0 bridgehead atoms. The highest BCUT2D eigenvalue weighted by Crippen LogP contribution is 2.28. The largest absolute Gasteiger partial charge is 0.367 e. The number of fused-ring (bicyclic) bond motifs is 1. The smallest absolute Gasteiger partial charge is 0.158 e. The minimum Gasteiger partial charge on any atom is -0.367 e. The summed E-state index contributed by atoms with van der Waals surface area (Å²) in [6, 6.07) is 2.59. The van der Waals surface area contributed by atoms with Gasteiger partial charge in [-0.25, -0.2) is 9.97 Å². The van der Waals surface area contributed by atoms with Crippen molar-refractivity contribution in [3.8, 4) is 0 Å². The fourth-order valence-electron chi connectivity index (χ4n) is 3.00. The van der Waals surface area contributed by atoms with Crippen molar-refractivity contribution >= 4 is 0 Å². The van der Waals surface area contributed by atoms with Gasteiger partial charge in [0, 0.05) is 30.9 Å². The number of nitrogens with zero attached hydrogens (tertiary/aromatic N) is 3. The van der Waals surface area contributed by atoms with Crippen LogP contribution in [0.15, 0.2) is 12.3 Å². The average Bonchev–Trinajstić information content (AvgIpc) is 2.92. The molecule has 1 N–H and O–H groups in total. The van der Waals surface area contributed by atoms with Crippen LogP contribution in [-0.4, -0.2) is 46.1 Å². The molecule has 2 unspecified atom stereocenters. The molecule has 2 aliphatic heterocycles. The first kappa shape index (κ1) is 14.9. The molecule has 0 radical (unpaired) electrons. The fraction of sp³-hybridized carbons (Fsp3) is 0.750. The van der Waals surface area contributed by atoms with Gasteiger partial charge in [-0.15, -0.1) is 0 Å². The van der Waals surface area contributed by atoms with E-state index in [9.17, 15) is 0 Å². The van der Waals surface area contributed by atoms with Gasteiger partial charge in [0.2, 0.25) is 0 Å². The van der Waals surface area contributed by atoms with E-state index in [1.807, 2.05) is 12.3 Å². The van der Waals surface area contributed by atoms with Crippen LogP contribution in [0, 0.1) is 0 Å². The lowest BCUT2D eigenvalue weighted by Gasteiger charge is -2.34. The van der Waals surface area contributed by atoms with Gasteiger partial charge in [0.25, 0.3) is 0 Å². The Bertz CT molecular complexity index is 485. The van der Waals surface area contributed by atoms with Gasteiger partial charge in [-0.1, -0.05) is 0 Å². The molecular formula is C16H26N4O. The zero-order valence-electron chi connectivity index (χ0n) is 13.3. The van der Waals surface area contributed by atoms with Crippen LogP contribution in [0.5, 0.6) is 0 Å². The molecule has 0 aliphatic carbocycles. The number of rotatable bonds is 3. The summed E-state index contributed by atoms with van der Waals surface area (Å²) in [5.74, 6) is 0.827. The zero-order chi connectivity index (χ0) is 14.9. The molecule has 0 saturated carbocycles. The number of morpholine rings is 1. The third kappa shape index (κ3) is 3.78. The first-order valence-corrected chi connectivity index (χ1v) is 7.94. The van der Waals surface area contributed by atoms with Crippen molar-refractivity contribution in [2.24, 2.45) is 0 Å². The van der Waals surface area contributed by atoms with Crippen LogP contribution in [0.3, 0.4) is 0 Å². The summed E-state index contributed by atoms with van der Waals surface area (Å²) in [5, 5.41) is 3.46. The van der Waals surface area contributed by atoms with E-state index in [-0.39, 0.29) is 11.6 Å². The highest BCUT2D eigenvalue weighted by Gasteiger charge is 2.34. The maximum atomic E-state index is 5.99. The van der Waals surface area contributed by atoms with E-state index in [1.165, 1.54) is 19.4 Å². The Morgan fingerprint density at radius 2 is 2.29 bits per heavy atom. The summed E-state index contributed by atoms with van der Waals surface area (Å²) in [5.41, 5.74) is 1.12. The third-order valence-corrected chi connectivity index (χ3v) is 4.21. The zero-order valence-corrected chi connectivity index (χ0v) is 13.3. The maximum absolute atomic E-state index is 5.99. The van der Waals surface area contributed by atoms with Crippen LogP contribution in [0.25, 0.3) is 0 Å². The minimum absolute atomic E-state index is 0.0222.